The van der Waals surface area contributed by atoms with Crippen LogP contribution >= 0.6 is 0 Å². The van der Waals surface area contributed by atoms with Gasteiger partial charge in [0.2, 0.25) is 5.91 Å². The van der Waals surface area contributed by atoms with Gasteiger partial charge in [-0.1, -0.05) is 12.6 Å². The molecule has 0 aromatic carbocycles. The molecule has 1 heterocycles. The summed E-state index contributed by atoms with van der Waals surface area (Å²) in [5, 5.41) is 2.75. The molecule has 3 nitrogen and oxygen atoms in total. The molecule has 0 fully saturated rings. The first-order valence-electron chi connectivity index (χ1n) is 4.07. The van der Waals surface area contributed by atoms with Crippen LogP contribution < -0.4 is 5.32 Å². The van der Waals surface area contributed by atoms with E-state index in [2.05, 4.69) is 16.9 Å². The number of carbonyl (C=O) groups excluding carboxylic acids is 1. The van der Waals surface area contributed by atoms with Gasteiger partial charge in [-0.3, -0.25) is 9.78 Å². The van der Waals surface area contributed by atoms with Crippen molar-refractivity contribution in [3.63, 3.8) is 0 Å². The minimum atomic E-state index is -0.170. The van der Waals surface area contributed by atoms with Gasteiger partial charge in [-0.05, 0) is 24.6 Å². The lowest BCUT2D eigenvalue weighted by Crippen LogP contribution is -2.24. The van der Waals surface area contributed by atoms with Gasteiger partial charge < -0.3 is 5.32 Å². The van der Waals surface area contributed by atoms with Crippen LogP contribution in [0.1, 0.15) is 18.5 Å². The SMILES string of the molecule is C=CC(=O)NC(C)c1cccnc1. The number of amides is 1. The molecule has 0 saturated heterocycles. The number of hydrogen-bond donors (Lipinski definition) is 1. The zero-order valence-corrected chi connectivity index (χ0v) is 7.53. The summed E-state index contributed by atoms with van der Waals surface area (Å²) in [5.74, 6) is -0.170. The maximum Gasteiger partial charge on any atom is 0.243 e. The Kier molecular flexibility index (Phi) is 3.20. The molecule has 0 spiro atoms. The summed E-state index contributed by atoms with van der Waals surface area (Å²) in [6, 6.07) is 3.73. The van der Waals surface area contributed by atoms with Gasteiger partial charge >= 0.3 is 0 Å². The van der Waals surface area contributed by atoms with Crippen molar-refractivity contribution < 1.29 is 4.79 Å². The first kappa shape index (κ1) is 9.45. The first-order valence-corrected chi connectivity index (χ1v) is 4.07. The summed E-state index contributed by atoms with van der Waals surface area (Å²) >= 11 is 0. The Morgan fingerprint density at radius 2 is 2.54 bits per heavy atom. The summed E-state index contributed by atoms with van der Waals surface area (Å²) in [6.45, 7) is 5.28. The lowest BCUT2D eigenvalue weighted by atomic mass is 10.1. The predicted molar refractivity (Wildman–Crippen MR) is 51.0 cm³/mol. The Hall–Kier alpha value is -1.64. The van der Waals surface area contributed by atoms with E-state index in [1.54, 1.807) is 12.4 Å². The molecular weight excluding hydrogens is 164 g/mol. The molecule has 68 valence electrons. The topological polar surface area (TPSA) is 42.0 Å². The van der Waals surface area contributed by atoms with Gasteiger partial charge in [0.1, 0.15) is 0 Å². The third-order valence-corrected chi connectivity index (χ3v) is 1.73. The van der Waals surface area contributed by atoms with E-state index in [9.17, 15) is 4.79 Å². The lowest BCUT2D eigenvalue weighted by Gasteiger charge is -2.11. The largest absolute Gasteiger partial charge is 0.346 e. The molecular formula is C10H12N2O. The highest BCUT2D eigenvalue weighted by Gasteiger charge is 2.05. The van der Waals surface area contributed by atoms with E-state index in [1.807, 2.05) is 19.1 Å². The van der Waals surface area contributed by atoms with Crippen molar-refractivity contribution >= 4 is 5.91 Å². The van der Waals surface area contributed by atoms with Gasteiger partial charge in [-0.25, -0.2) is 0 Å². The Labute approximate surface area is 77.5 Å². The van der Waals surface area contributed by atoms with Gasteiger partial charge in [-0.2, -0.15) is 0 Å². The predicted octanol–water partition coefficient (Wildman–Crippen LogP) is 1.44. The second-order valence-corrected chi connectivity index (χ2v) is 2.72. The Morgan fingerprint density at radius 1 is 1.77 bits per heavy atom. The average molecular weight is 176 g/mol. The van der Waals surface area contributed by atoms with Crippen LogP contribution in [0.4, 0.5) is 0 Å². The van der Waals surface area contributed by atoms with E-state index in [0.29, 0.717) is 0 Å². The number of nitrogens with one attached hydrogen (secondary N) is 1. The molecule has 1 rings (SSSR count). The molecule has 1 amide bonds. The molecule has 13 heavy (non-hydrogen) atoms. The van der Waals surface area contributed by atoms with Crippen molar-refractivity contribution in [2.45, 2.75) is 13.0 Å². The molecule has 0 radical (unpaired) electrons. The normalized spacial score (nSPS) is 11.8. The smallest absolute Gasteiger partial charge is 0.243 e. The van der Waals surface area contributed by atoms with Crippen LogP contribution in [-0.4, -0.2) is 10.9 Å². The van der Waals surface area contributed by atoms with Crippen LogP contribution in [0.15, 0.2) is 37.2 Å². The van der Waals surface area contributed by atoms with E-state index in [4.69, 9.17) is 0 Å². The second-order valence-electron chi connectivity index (χ2n) is 2.72. The maximum atomic E-state index is 10.9. The molecule has 1 aromatic rings. The molecule has 0 aliphatic rings. The van der Waals surface area contributed by atoms with Gasteiger partial charge in [0, 0.05) is 12.4 Å². The third kappa shape index (κ3) is 2.71. The number of rotatable bonds is 3. The van der Waals surface area contributed by atoms with Crippen LogP contribution in [0.25, 0.3) is 0 Å². The maximum absolute atomic E-state index is 10.9. The van der Waals surface area contributed by atoms with E-state index in [1.165, 1.54) is 6.08 Å². The first-order chi connectivity index (χ1) is 6.24. The number of hydrogen-bond acceptors (Lipinski definition) is 2. The number of aromatic nitrogens is 1. The zero-order valence-electron chi connectivity index (χ0n) is 7.53. The minimum absolute atomic E-state index is 0.0285. The highest BCUT2D eigenvalue weighted by molar-refractivity contribution is 5.87. The van der Waals surface area contributed by atoms with Gasteiger partial charge in [0.25, 0.3) is 0 Å². The third-order valence-electron chi connectivity index (χ3n) is 1.73. The van der Waals surface area contributed by atoms with Crippen LogP contribution in [0.2, 0.25) is 0 Å². The summed E-state index contributed by atoms with van der Waals surface area (Å²) in [7, 11) is 0. The Bertz CT molecular complexity index is 295. The molecule has 0 aliphatic carbocycles. The average Bonchev–Trinajstić information content (AvgIpc) is 2.19. The fourth-order valence-corrected chi connectivity index (χ4v) is 0.988. The van der Waals surface area contributed by atoms with E-state index >= 15 is 0 Å². The molecule has 3 heteroatoms. The minimum Gasteiger partial charge on any atom is -0.346 e. The molecule has 0 bridgehead atoms. The number of nitrogens with zero attached hydrogens (tertiary/aromatic N) is 1. The van der Waals surface area contributed by atoms with Crippen molar-refractivity contribution in [2.75, 3.05) is 0 Å². The van der Waals surface area contributed by atoms with Crippen molar-refractivity contribution in [1.29, 1.82) is 0 Å². The molecule has 1 unspecified atom stereocenters. The summed E-state index contributed by atoms with van der Waals surface area (Å²) in [5.41, 5.74) is 0.984. The van der Waals surface area contributed by atoms with Crippen molar-refractivity contribution in [3.8, 4) is 0 Å². The van der Waals surface area contributed by atoms with Crippen molar-refractivity contribution in [2.24, 2.45) is 0 Å². The van der Waals surface area contributed by atoms with Crippen LogP contribution in [0, 0.1) is 0 Å². The van der Waals surface area contributed by atoms with Gasteiger partial charge in [0.05, 0.1) is 6.04 Å². The monoisotopic (exact) mass is 176 g/mol. The summed E-state index contributed by atoms with van der Waals surface area (Å²) in [4.78, 5) is 14.9. The standard InChI is InChI=1S/C10H12N2O/c1-3-10(13)12-8(2)9-5-4-6-11-7-9/h3-8H,1H2,2H3,(H,12,13). The molecule has 1 N–H and O–H groups in total. The quantitative estimate of drug-likeness (QED) is 0.708. The summed E-state index contributed by atoms with van der Waals surface area (Å²) < 4.78 is 0. The Balaban J connectivity index is 2.63. The van der Waals surface area contributed by atoms with Crippen LogP contribution in [-0.2, 0) is 4.79 Å². The van der Waals surface area contributed by atoms with Crippen LogP contribution in [0.3, 0.4) is 0 Å². The molecule has 1 atom stereocenters. The fraction of sp³-hybridized carbons (Fsp3) is 0.200. The fourth-order valence-electron chi connectivity index (χ4n) is 0.988. The number of carbonyl (C=O) groups is 1. The highest BCUT2D eigenvalue weighted by Crippen LogP contribution is 2.08. The van der Waals surface area contributed by atoms with Crippen LogP contribution in [0.5, 0.6) is 0 Å². The molecule has 0 saturated carbocycles. The second kappa shape index (κ2) is 4.40. The van der Waals surface area contributed by atoms with Gasteiger partial charge in [0.15, 0.2) is 0 Å². The zero-order chi connectivity index (χ0) is 9.68. The van der Waals surface area contributed by atoms with E-state index < -0.39 is 0 Å². The van der Waals surface area contributed by atoms with E-state index in [-0.39, 0.29) is 11.9 Å². The van der Waals surface area contributed by atoms with Crippen molar-refractivity contribution in [1.82, 2.24) is 10.3 Å². The Morgan fingerprint density at radius 3 is 3.08 bits per heavy atom. The van der Waals surface area contributed by atoms with E-state index in [0.717, 1.165) is 5.56 Å². The lowest BCUT2D eigenvalue weighted by molar-refractivity contribution is -0.117. The highest BCUT2D eigenvalue weighted by atomic mass is 16.1. The molecule has 1 aromatic heterocycles. The number of pyridine rings is 1. The van der Waals surface area contributed by atoms with Gasteiger partial charge in [-0.15, -0.1) is 0 Å². The summed E-state index contributed by atoms with van der Waals surface area (Å²) in [6.07, 6.45) is 4.69. The molecule has 0 aliphatic heterocycles. The van der Waals surface area contributed by atoms with Crippen molar-refractivity contribution in [3.05, 3.63) is 42.7 Å².